The minimum Gasteiger partial charge on any atom is -0.309 e. The van der Waals surface area contributed by atoms with Crippen LogP contribution in [-0.2, 0) is 16.6 Å². The van der Waals surface area contributed by atoms with Gasteiger partial charge in [0.15, 0.2) is 0 Å². The lowest BCUT2D eigenvalue weighted by molar-refractivity contribution is 0.598. The largest absolute Gasteiger partial charge is 0.309 e. The molecule has 2 N–H and O–H groups in total. The van der Waals surface area contributed by atoms with Crippen LogP contribution in [0.2, 0.25) is 0 Å². The molecule has 7 heteroatoms. The Hall–Kier alpha value is -1.44. The van der Waals surface area contributed by atoms with Gasteiger partial charge < -0.3 is 5.32 Å². The quantitative estimate of drug-likeness (QED) is 0.857. The molecule has 1 aliphatic carbocycles. The number of thiophene rings is 1. The average Bonchev–Trinajstić information content (AvgIpc) is 3.19. The van der Waals surface area contributed by atoms with Gasteiger partial charge in [-0.3, -0.25) is 9.71 Å². The predicted octanol–water partition coefficient (Wildman–Crippen LogP) is 2.50. The van der Waals surface area contributed by atoms with E-state index in [9.17, 15) is 8.42 Å². The molecule has 0 aliphatic heterocycles. The van der Waals surface area contributed by atoms with E-state index in [-0.39, 0.29) is 0 Å². The summed E-state index contributed by atoms with van der Waals surface area (Å²) in [5.41, 5.74) is 1.26. The molecule has 2 aromatic rings. The molecular weight excluding hydrogens is 306 g/mol. The van der Waals surface area contributed by atoms with E-state index in [1.165, 1.54) is 30.4 Å². The topological polar surface area (TPSA) is 71.1 Å². The fraction of sp³-hybridized carbons (Fsp3) is 0.357. The summed E-state index contributed by atoms with van der Waals surface area (Å²) in [4.78, 5) is 5.18. The van der Waals surface area contributed by atoms with E-state index in [2.05, 4.69) is 15.0 Å². The van der Waals surface area contributed by atoms with Gasteiger partial charge in [0.1, 0.15) is 4.90 Å². The van der Waals surface area contributed by atoms with Crippen molar-refractivity contribution in [2.24, 2.45) is 0 Å². The molecule has 3 rings (SSSR count). The molecule has 1 fully saturated rings. The maximum absolute atomic E-state index is 12.6. The van der Waals surface area contributed by atoms with Crippen molar-refractivity contribution in [2.75, 3.05) is 4.72 Å². The van der Waals surface area contributed by atoms with E-state index >= 15 is 0 Å². The Morgan fingerprint density at radius 1 is 1.43 bits per heavy atom. The average molecular weight is 323 g/mol. The molecule has 0 radical (unpaired) electrons. The Labute approximate surface area is 128 Å². The van der Waals surface area contributed by atoms with Crippen LogP contribution in [0.3, 0.4) is 0 Å². The molecule has 2 heterocycles. The lowest BCUT2D eigenvalue weighted by Gasteiger charge is -2.10. The van der Waals surface area contributed by atoms with Gasteiger partial charge in [-0.05, 0) is 42.8 Å². The van der Waals surface area contributed by atoms with Crippen molar-refractivity contribution >= 4 is 27.0 Å². The first-order chi connectivity index (χ1) is 10.1. The lowest BCUT2D eigenvalue weighted by Crippen LogP contribution is -2.19. The summed E-state index contributed by atoms with van der Waals surface area (Å²) in [6.45, 7) is 2.43. The number of hydrogen-bond acceptors (Lipinski definition) is 5. The van der Waals surface area contributed by atoms with E-state index in [1.807, 2.05) is 12.3 Å². The summed E-state index contributed by atoms with van der Waals surface area (Å²) in [7, 11) is -3.58. The minimum atomic E-state index is -3.58. The van der Waals surface area contributed by atoms with Crippen molar-refractivity contribution in [3.8, 4) is 0 Å². The maximum Gasteiger partial charge on any atom is 0.263 e. The summed E-state index contributed by atoms with van der Waals surface area (Å²) in [6.07, 6.45) is 5.47. The fourth-order valence-electron chi connectivity index (χ4n) is 2.12. The van der Waals surface area contributed by atoms with Gasteiger partial charge in [-0.2, -0.15) is 0 Å². The predicted molar refractivity (Wildman–Crippen MR) is 84.0 cm³/mol. The van der Waals surface area contributed by atoms with Crippen LogP contribution in [0.1, 0.15) is 23.3 Å². The fourth-order valence-corrected chi connectivity index (χ4v) is 4.93. The zero-order valence-electron chi connectivity index (χ0n) is 11.7. The first-order valence-corrected chi connectivity index (χ1v) is 9.16. The van der Waals surface area contributed by atoms with E-state index in [4.69, 9.17) is 0 Å². The normalized spacial score (nSPS) is 15.1. The second kappa shape index (κ2) is 5.75. The van der Waals surface area contributed by atoms with Gasteiger partial charge in [-0.1, -0.05) is 0 Å². The molecule has 1 aliphatic rings. The molecule has 0 amide bonds. The van der Waals surface area contributed by atoms with E-state index in [1.54, 1.807) is 18.3 Å². The highest BCUT2D eigenvalue weighted by Crippen LogP contribution is 2.29. The van der Waals surface area contributed by atoms with Gasteiger partial charge in [-0.15, -0.1) is 11.3 Å². The molecule has 0 bridgehead atoms. The second-order valence-electron chi connectivity index (χ2n) is 5.17. The third-order valence-electron chi connectivity index (χ3n) is 3.30. The summed E-state index contributed by atoms with van der Waals surface area (Å²) in [5, 5.41) is 5.26. The molecule has 0 atom stereocenters. The van der Waals surface area contributed by atoms with Gasteiger partial charge >= 0.3 is 0 Å². The standard InChI is InChI=1S/C14H17N3O2S2/c1-10-9-20-13(8-16-11-4-5-11)14(10)21(18,19)17-12-3-2-6-15-7-12/h2-3,6-7,9,11,16-17H,4-5,8H2,1H3. The molecule has 2 aromatic heterocycles. The van der Waals surface area contributed by atoms with Crippen LogP contribution in [0.25, 0.3) is 0 Å². The minimum absolute atomic E-state index is 0.393. The van der Waals surface area contributed by atoms with Crippen molar-refractivity contribution < 1.29 is 8.42 Å². The Bertz CT molecular complexity index is 722. The zero-order chi connectivity index (χ0) is 14.9. The smallest absolute Gasteiger partial charge is 0.263 e. The first kappa shape index (κ1) is 14.5. The number of nitrogens with zero attached hydrogens (tertiary/aromatic N) is 1. The maximum atomic E-state index is 12.6. The van der Waals surface area contributed by atoms with Crippen LogP contribution in [0, 0.1) is 6.92 Å². The molecule has 0 saturated heterocycles. The van der Waals surface area contributed by atoms with Crippen LogP contribution in [0.15, 0.2) is 34.8 Å². The second-order valence-corrected chi connectivity index (χ2v) is 7.76. The molecule has 112 valence electrons. The molecular formula is C14H17N3O2S2. The van der Waals surface area contributed by atoms with Crippen molar-refractivity contribution in [1.82, 2.24) is 10.3 Å². The summed E-state index contributed by atoms with van der Waals surface area (Å²) in [6, 6.07) is 3.94. The van der Waals surface area contributed by atoms with Gasteiger partial charge in [0.25, 0.3) is 10.0 Å². The molecule has 21 heavy (non-hydrogen) atoms. The number of pyridine rings is 1. The Morgan fingerprint density at radius 3 is 2.90 bits per heavy atom. The molecule has 0 aromatic carbocycles. The van der Waals surface area contributed by atoms with Crippen LogP contribution in [0.5, 0.6) is 0 Å². The van der Waals surface area contributed by atoms with E-state index < -0.39 is 10.0 Å². The molecule has 0 unspecified atom stereocenters. The first-order valence-electron chi connectivity index (χ1n) is 6.79. The number of nitrogens with one attached hydrogen (secondary N) is 2. The van der Waals surface area contributed by atoms with Gasteiger partial charge in [0.2, 0.25) is 0 Å². The summed E-state index contributed by atoms with van der Waals surface area (Å²) >= 11 is 1.49. The highest BCUT2D eigenvalue weighted by Gasteiger charge is 2.25. The molecule has 0 spiro atoms. The number of aryl methyl sites for hydroxylation is 1. The van der Waals surface area contributed by atoms with Crippen molar-refractivity contribution in [3.63, 3.8) is 0 Å². The highest BCUT2D eigenvalue weighted by atomic mass is 32.2. The third-order valence-corrected chi connectivity index (χ3v) is 6.14. The van der Waals surface area contributed by atoms with E-state index in [0.717, 1.165) is 10.4 Å². The number of aromatic nitrogens is 1. The monoisotopic (exact) mass is 323 g/mol. The lowest BCUT2D eigenvalue weighted by atomic mass is 10.3. The number of rotatable bonds is 6. The van der Waals surface area contributed by atoms with Gasteiger partial charge in [0.05, 0.1) is 11.9 Å². The van der Waals surface area contributed by atoms with Crippen molar-refractivity contribution in [3.05, 3.63) is 40.3 Å². The van der Waals surface area contributed by atoms with Crippen molar-refractivity contribution in [2.45, 2.75) is 37.2 Å². The highest BCUT2D eigenvalue weighted by molar-refractivity contribution is 7.93. The third kappa shape index (κ3) is 3.42. The van der Waals surface area contributed by atoms with Crippen LogP contribution in [0.4, 0.5) is 5.69 Å². The summed E-state index contributed by atoms with van der Waals surface area (Å²) < 4.78 is 27.8. The van der Waals surface area contributed by atoms with E-state index in [0.29, 0.717) is 23.2 Å². The Balaban J connectivity index is 1.85. The van der Waals surface area contributed by atoms with Gasteiger partial charge in [0, 0.05) is 23.7 Å². The van der Waals surface area contributed by atoms with Crippen LogP contribution in [-0.4, -0.2) is 19.4 Å². The molecule has 1 saturated carbocycles. The Morgan fingerprint density at radius 2 is 2.24 bits per heavy atom. The van der Waals surface area contributed by atoms with Crippen molar-refractivity contribution in [1.29, 1.82) is 0 Å². The van der Waals surface area contributed by atoms with Gasteiger partial charge in [-0.25, -0.2) is 8.42 Å². The SMILES string of the molecule is Cc1csc(CNC2CC2)c1S(=O)(=O)Nc1cccnc1. The zero-order valence-corrected chi connectivity index (χ0v) is 13.3. The number of hydrogen-bond donors (Lipinski definition) is 2. The number of anilines is 1. The van der Waals surface area contributed by atoms with Crippen LogP contribution < -0.4 is 10.0 Å². The summed E-state index contributed by atoms with van der Waals surface area (Å²) in [5.74, 6) is 0. The molecule has 5 nitrogen and oxygen atoms in total. The van der Waals surface area contributed by atoms with Crippen LogP contribution >= 0.6 is 11.3 Å². The Kier molecular flexibility index (Phi) is 3.97. The number of sulfonamides is 1.